The molecule has 2 heterocycles. The van der Waals surface area contributed by atoms with E-state index in [4.69, 9.17) is 0 Å². The van der Waals surface area contributed by atoms with Crippen LogP contribution in [-0.4, -0.2) is 20.1 Å². The maximum Gasteiger partial charge on any atom is 0.123 e. The fraction of sp³-hybridized carbons (Fsp3) is 0.133. The van der Waals surface area contributed by atoms with Crippen molar-refractivity contribution in [3.63, 3.8) is 0 Å². The highest BCUT2D eigenvalue weighted by Gasteiger charge is 2.15. The van der Waals surface area contributed by atoms with Crippen LogP contribution in [0.2, 0.25) is 0 Å². The molecular formula is C15H13N3O. The van der Waals surface area contributed by atoms with Gasteiger partial charge in [-0.3, -0.25) is 15.0 Å². The van der Waals surface area contributed by atoms with Gasteiger partial charge in [0.15, 0.2) is 0 Å². The summed E-state index contributed by atoms with van der Waals surface area (Å²) in [4.78, 5) is 12.7. The van der Waals surface area contributed by atoms with Crippen LogP contribution in [0.25, 0.3) is 10.9 Å². The molecule has 0 saturated carbocycles. The van der Waals surface area contributed by atoms with Crippen LogP contribution in [0.5, 0.6) is 0 Å². The van der Waals surface area contributed by atoms with Crippen molar-refractivity contribution < 1.29 is 5.11 Å². The third kappa shape index (κ3) is 2.18. The van der Waals surface area contributed by atoms with Gasteiger partial charge < -0.3 is 5.11 Å². The molecule has 1 atom stereocenters. The second kappa shape index (κ2) is 4.74. The average Bonchev–Trinajstić information content (AvgIpc) is 2.47. The number of hydrogen-bond acceptors (Lipinski definition) is 4. The molecule has 2 aromatic heterocycles. The summed E-state index contributed by atoms with van der Waals surface area (Å²) in [6, 6.07) is 9.50. The third-order valence-electron chi connectivity index (χ3n) is 3.06. The molecule has 0 spiro atoms. The Balaban J connectivity index is 2.11. The number of aliphatic hydroxyl groups is 1. The summed E-state index contributed by atoms with van der Waals surface area (Å²) in [5, 5.41) is 11.4. The van der Waals surface area contributed by atoms with Crippen molar-refractivity contribution in [2.45, 2.75) is 13.0 Å². The number of hydrogen-bond donors (Lipinski definition) is 1. The van der Waals surface area contributed by atoms with Crippen molar-refractivity contribution in [2.75, 3.05) is 0 Å². The number of aromatic nitrogens is 3. The number of aliphatic hydroxyl groups excluding tert-OH is 1. The summed E-state index contributed by atoms with van der Waals surface area (Å²) in [6.07, 6.45) is 4.21. The first kappa shape index (κ1) is 11.7. The molecule has 0 aliphatic carbocycles. The maximum atomic E-state index is 10.5. The van der Waals surface area contributed by atoms with Gasteiger partial charge in [-0.25, -0.2) is 0 Å². The van der Waals surface area contributed by atoms with Crippen LogP contribution in [0.15, 0.2) is 48.9 Å². The Morgan fingerprint density at radius 2 is 1.89 bits per heavy atom. The Morgan fingerprint density at radius 3 is 2.68 bits per heavy atom. The van der Waals surface area contributed by atoms with E-state index in [1.54, 1.807) is 18.6 Å². The topological polar surface area (TPSA) is 58.9 Å². The first-order valence-corrected chi connectivity index (χ1v) is 6.06. The number of nitrogens with zero attached hydrogens (tertiary/aromatic N) is 3. The molecule has 0 aliphatic rings. The molecular weight excluding hydrogens is 238 g/mol. The van der Waals surface area contributed by atoms with Crippen LogP contribution in [0.4, 0.5) is 0 Å². The van der Waals surface area contributed by atoms with Gasteiger partial charge in [-0.15, -0.1) is 0 Å². The van der Waals surface area contributed by atoms with E-state index >= 15 is 0 Å². The van der Waals surface area contributed by atoms with E-state index in [2.05, 4.69) is 15.0 Å². The zero-order valence-electron chi connectivity index (χ0n) is 10.5. The number of benzene rings is 1. The van der Waals surface area contributed by atoms with Gasteiger partial charge in [0, 0.05) is 17.8 Å². The minimum Gasteiger partial charge on any atom is -0.382 e. The van der Waals surface area contributed by atoms with Gasteiger partial charge in [0.25, 0.3) is 0 Å². The highest BCUT2D eigenvalue weighted by atomic mass is 16.3. The van der Waals surface area contributed by atoms with Crippen molar-refractivity contribution in [2.24, 2.45) is 0 Å². The zero-order chi connectivity index (χ0) is 13.2. The lowest BCUT2D eigenvalue weighted by molar-refractivity contribution is 0.216. The molecule has 4 heteroatoms. The summed E-state index contributed by atoms with van der Waals surface area (Å²) >= 11 is 0. The molecule has 3 aromatic rings. The molecule has 0 saturated heterocycles. The summed E-state index contributed by atoms with van der Waals surface area (Å²) in [7, 11) is 0. The Hall–Kier alpha value is -2.33. The van der Waals surface area contributed by atoms with E-state index in [0.717, 1.165) is 22.2 Å². The van der Waals surface area contributed by atoms with Gasteiger partial charge in [0.05, 0.1) is 23.1 Å². The van der Waals surface area contributed by atoms with E-state index < -0.39 is 6.10 Å². The van der Waals surface area contributed by atoms with Gasteiger partial charge >= 0.3 is 0 Å². The SMILES string of the molecule is Cc1cnc(C(O)c2cccc3ncccc23)cn1. The summed E-state index contributed by atoms with van der Waals surface area (Å²) in [5.74, 6) is 0. The quantitative estimate of drug-likeness (QED) is 0.760. The Labute approximate surface area is 110 Å². The predicted molar refractivity (Wildman–Crippen MR) is 72.6 cm³/mol. The lowest BCUT2D eigenvalue weighted by Crippen LogP contribution is -2.04. The summed E-state index contributed by atoms with van der Waals surface area (Å²) in [6.45, 7) is 1.87. The lowest BCUT2D eigenvalue weighted by atomic mass is 10.0. The predicted octanol–water partition coefficient (Wildman–Crippen LogP) is 2.41. The van der Waals surface area contributed by atoms with E-state index in [9.17, 15) is 5.11 Å². The molecule has 4 nitrogen and oxygen atoms in total. The fourth-order valence-corrected chi connectivity index (χ4v) is 2.07. The second-order valence-electron chi connectivity index (χ2n) is 4.40. The van der Waals surface area contributed by atoms with E-state index in [1.165, 1.54) is 0 Å². The van der Waals surface area contributed by atoms with Crippen molar-refractivity contribution in [1.82, 2.24) is 15.0 Å². The van der Waals surface area contributed by atoms with Crippen molar-refractivity contribution in [1.29, 1.82) is 0 Å². The molecule has 0 amide bonds. The second-order valence-corrected chi connectivity index (χ2v) is 4.40. The monoisotopic (exact) mass is 251 g/mol. The number of aryl methyl sites for hydroxylation is 1. The minimum absolute atomic E-state index is 0.543. The normalized spacial score (nSPS) is 12.5. The molecule has 1 aromatic carbocycles. The van der Waals surface area contributed by atoms with Gasteiger partial charge in [0.2, 0.25) is 0 Å². The van der Waals surface area contributed by atoms with Crippen LogP contribution >= 0.6 is 0 Å². The van der Waals surface area contributed by atoms with Crippen molar-refractivity contribution in [3.05, 3.63) is 65.9 Å². The van der Waals surface area contributed by atoms with E-state index in [0.29, 0.717) is 5.69 Å². The van der Waals surface area contributed by atoms with Gasteiger partial charge in [0.1, 0.15) is 6.10 Å². The zero-order valence-corrected chi connectivity index (χ0v) is 10.5. The van der Waals surface area contributed by atoms with Crippen molar-refractivity contribution >= 4 is 10.9 Å². The van der Waals surface area contributed by atoms with Crippen LogP contribution in [-0.2, 0) is 0 Å². The molecule has 19 heavy (non-hydrogen) atoms. The average molecular weight is 251 g/mol. The highest BCUT2D eigenvalue weighted by Crippen LogP contribution is 2.26. The Kier molecular flexibility index (Phi) is 2.93. The number of rotatable bonds is 2. The smallest absolute Gasteiger partial charge is 0.123 e. The molecule has 0 bridgehead atoms. The number of pyridine rings is 1. The Morgan fingerprint density at radius 1 is 1.00 bits per heavy atom. The highest BCUT2D eigenvalue weighted by molar-refractivity contribution is 5.82. The molecule has 3 rings (SSSR count). The van der Waals surface area contributed by atoms with Gasteiger partial charge in [-0.2, -0.15) is 0 Å². The molecule has 94 valence electrons. The standard InChI is InChI=1S/C15H13N3O/c1-10-8-18-14(9-17-10)15(19)12-4-2-6-13-11(12)5-3-7-16-13/h2-9,15,19H,1H3. The molecule has 0 aliphatic heterocycles. The fourth-order valence-electron chi connectivity index (χ4n) is 2.07. The molecule has 1 unspecified atom stereocenters. The lowest BCUT2D eigenvalue weighted by Gasteiger charge is -2.12. The van der Waals surface area contributed by atoms with E-state index in [-0.39, 0.29) is 0 Å². The minimum atomic E-state index is -0.791. The van der Waals surface area contributed by atoms with Crippen LogP contribution in [0, 0.1) is 6.92 Å². The van der Waals surface area contributed by atoms with Crippen LogP contribution in [0.1, 0.15) is 23.1 Å². The van der Waals surface area contributed by atoms with Crippen LogP contribution < -0.4 is 0 Å². The van der Waals surface area contributed by atoms with Gasteiger partial charge in [-0.1, -0.05) is 18.2 Å². The molecule has 0 radical (unpaired) electrons. The molecule has 0 fully saturated rings. The summed E-state index contributed by atoms with van der Waals surface area (Å²) < 4.78 is 0. The number of fused-ring (bicyclic) bond motifs is 1. The van der Waals surface area contributed by atoms with Crippen LogP contribution in [0.3, 0.4) is 0 Å². The summed E-state index contributed by atoms with van der Waals surface area (Å²) in [5.41, 5.74) is 3.03. The van der Waals surface area contributed by atoms with Crippen molar-refractivity contribution in [3.8, 4) is 0 Å². The maximum absolute atomic E-state index is 10.5. The largest absolute Gasteiger partial charge is 0.382 e. The third-order valence-corrected chi connectivity index (χ3v) is 3.06. The van der Waals surface area contributed by atoms with Gasteiger partial charge in [-0.05, 0) is 24.6 Å². The van der Waals surface area contributed by atoms with E-state index in [1.807, 2.05) is 37.3 Å². The first-order chi connectivity index (χ1) is 9.25. The first-order valence-electron chi connectivity index (χ1n) is 6.06. The molecule has 1 N–H and O–H groups in total. The Bertz CT molecular complexity index is 705.